The predicted molar refractivity (Wildman–Crippen MR) is 109 cm³/mol. The van der Waals surface area contributed by atoms with Gasteiger partial charge in [0, 0.05) is 15.5 Å². The van der Waals surface area contributed by atoms with Crippen molar-refractivity contribution in [3.63, 3.8) is 0 Å². The molecule has 0 aliphatic carbocycles. The highest BCUT2D eigenvalue weighted by Crippen LogP contribution is 2.25. The van der Waals surface area contributed by atoms with E-state index in [0.717, 1.165) is 37.7 Å². The molecular weight excluding hydrogens is 427 g/mol. The van der Waals surface area contributed by atoms with Crippen LogP contribution in [0.1, 0.15) is 12.5 Å². The summed E-state index contributed by atoms with van der Waals surface area (Å²) in [5.74, 6) is 0.381. The molecule has 0 aliphatic heterocycles. The molecule has 0 saturated heterocycles. The van der Waals surface area contributed by atoms with E-state index >= 15 is 0 Å². The molecule has 4 aromatic rings. The van der Waals surface area contributed by atoms with Crippen LogP contribution in [-0.4, -0.2) is 26.0 Å². The van der Waals surface area contributed by atoms with Crippen LogP contribution in [0.5, 0.6) is 0 Å². The van der Waals surface area contributed by atoms with Crippen LogP contribution in [0.2, 0.25) is 0 Å². The highest BCUT2D eigenvalue weighted by molar-refractivity contribution is 14.1. The lowest BCUT2D eigenvalue weighted by molar-refractivity contribution is 0.811. The molecule has 4 rings (SSSR count). The maximum atomic E-state index is 4.59. The van der Waals surface area contributed by atoms with Crippen molar-refractivity contribution >= 4 is 56.8 Å². The fraction of sp³-hybridized carbons (Fsp3) is 0.111. The molecule has 0 saturated carbocycles. The van der Waals surface area contributed by atoms with Gasteiger partial charge in [-0.3, -0.25) is 0 Å². The number of fused-ring (bicyclic) bond motifs is 3. The van der Waals surface area contributed by atoms with Gasteiger partial charge in [-0.05, 0) is 53.3 Å². The fourth-order valence-corrected chi connectivity index (χ4v) is 3.39. The van der Waals surface area contributed by atoms with Crippen molar-refractivity contribution in [2.45, 2.75) is 13.5 Å². The van der Waals surface area contributed by atoms with Crippen molar-refractivity contribution in [3.05, 3.63) is 57.7 Å². The summed E-state index contributed by atoms with van der Waals surface area (Å²) in [6, 6.07) is 16.2. The molecule has 0 aliphatic rings. The van der Waals surface area contributed by atoms with Crippen molar-refractivity contribution in [1.29, 1.82) is 0 Å². The number of hydrogen-bond donors (Lipinski definition) is 1. The fourth-order valence-electron chi connectivity index (χ4n) is 2.82. The molecule has 0 unspecified atom stereocenters. The summed E-state index contributed by atoms with van der Waals surface area (Å²) in [7, 11) is 0. The predicted octanol–water partition coefficient (Wildman–Crippen LogP) is 4.05. The lowest BCUT2D eigenvalue weighted by Crippen LogP contribution is -2.02. The van der Waals surface area contributed by atoms with Gasteiger partial charge in [-0.25, -0.2) is 5.43 Å². The normalized spacial score (nSPS) is 11.6. The Balaban J connectivity index is 1.68. The number of anilines is 1. The molecular formula is C18H15IN6. The van der Waals surface area contributed by atoms with Crippen LogP contribution < -0.4 is 5.43 Å². The van der Waals surface area contributed by atoms with Gasteiger partial charge in [-0.2, -0.15) is 10.1 Å². The Morgan fingerprint density at radius 2 is 2.04 bits per heavy atom. The first-order chi connectivity index (χ1) is 12.3. The lowest BCUT2D eigenvalue weighted by atomic mass is 10.2. The molecule has 2 aromatic carbocycles. The van der Waals surface area contributed by atoms with E-state index in [4.69, 9.17) is 0 Å². The van der Waals surface area contributed by atoms with E-state index in [1.165, 1.54) is 0 Å². The third-order valence-corrected chi connectivity index (χ3v) is 4.59. The van der Waals surface area contributed by atoms with Crippen LogP contribution in [0.15, 0.2) is 53.6 Å². The van der Waals surface area contributed by atoms with Gasteiger partial charge < -0.3 is 4.57 Å². The SMILES string of the molecule is CCn1c2ccccc2c2nnc(N/N=C\c3cccc(I)c3)nc21. The Bertz CT molecular complexity index is 1090. The maximum Gasteiger partial charge on any atom is 0.265 e. The molecule has 124 valence electrons. The topological polar surface area (TPSA) is 68.0 Å². The first-order valence-corrected chi connectivity index (χ1v) is 9.00. The average Bonchev–Trinajstić information content (AvgIpc) is 2.95. The highest BCUT2D eigenvalue weighted by atomic mass is 127. The third kappa shape index (κ3) is 3.07. The number of hydrazone groups is 1. The van der Waals surface area contributed by atoms with Gasteiger partial charge in [0.2, 0.25) is 0 Å². The second-order valence-electron chi connectivity index (χ2n) is 5.49. The van der Waals surface area contributed by atoms with Crippen molar-refractivity contribution in [3.8, 4) is 0 Å². The number of nitrogens with one attached hydrogen (secondary N) is 1. The van der Waals surface area contributed by atoms with E-state index in [-0.39, 0.29) is 0 Å². The monoisotopic (exact) mass is 442 g/mol. The summed E-state index contributed by atoms with van der Waals surface area (Å²) in [6.07, 6.45) is 1.74. The summed E-state index contributed by atoms with van der Waals surface area (Å²) in [6.45, 7) is 2.91. The van der Waals surface area contributed by atoms with Crippen molar-refractivity contribution in [2.24, 2.45) is 5.10 Å². The standard InChI is InChI=1S/C18H15IN6/c1-2-25-15-9-4-3-8-14(15)16-17(25)21-18(24-22-16)23-20-11-12-6-5-7-13(19)10-12/h3-11H,2H2,1H3,(H,21,23,24)/b20-11-. The number of hydrogen-bond acceptors (Lipinski definition) is 5. The van der Waals surface area contributed by atoms with Gasteiger partial charge in [0.15, 0.2) is 5.65 Å². The molecule has 1 N–H and O–H groups in total. The number of benzene rings is 2. The molecule has 0 radical (unpaired) electrons. The van der Waals surface area contributed by atoms with Gasteiger partial charge in [0.1, 0.15) is 5.52 Å². The number of rotatable bonds is 4. The molecule has 0 amide bonds. The van der Waals surface area contributed by atoms with Crippen LogP contribution >= 0.6 is 22.6 Å². The van der Waals surface area contributed by atoms with Crippen LogP contribution in [0.25, 0.3) is 22.1 Å². The number of aromatic nitrogens is 4. The molecule has 0 fully saturated rings. The Morgan fingerprint density at radius 1 is 1.16 bits per heavy atom. The van der Waals surface area contributed by atoms with Gasteiger partial charge in [0.25, 0.3) is 5.95 Å². The summed E-state index contributed by atoms with van der Waals surface area (Å²) in [5, 5.41) is 13.8. The number of aryl methyl sites for hydroxylation is 1. The van der Waals surface area contributed by atoms with Crippen LogP contribution in [-0.2, 0) is 6.54 Å². The van der Waals surface area contributed by atoms with E-state index in [2.05, 4.69) is 65.9 Å². The number of halogens is 1. The highest BCUT2D eigenvalue weighted by Gasteiger charge is 2.13. The van der Waals surface area contributed by atoms with Crippen LogP contribution in [0.4, 0.5) is 5.95 Å². The van der Waals surface area contributed by atoms with E-state index in [9.17, 15) is 0 Å². The molecule has 2 aromatic heterocycles. The average molecular weight is 442 g/mol. The first kappa shape index (κ1) is 15.9. The third-order valence-electron chi connectivity index (χ3n) is 3.92. The smallest absolute Gasteiger partial charge is 0.265 e. The summed E-state index contributed by atoms with van der Waals surface area (Å²) in [5.41, 5.74) is 6.61. The van der Waals surface area contributed by atoms with E-state index in [1.54, 1.807) is 6.21 Å². The Hall–Kier alpha value is -2.55. The van der Waals surface area contributed by atoms with Gasteiger partial charge in [0.05, 0.1) is 11.7 Å². The quantitative estimate of drug-likeness (QED) is 0.294. The van der Waals surface area contributed by atoms with E-state index in [1.807, 2.05) is 42.5 Å². The first-order valence-electron chi connectivity index (χ1n) is 7.92. The summed E-state index contributed by atoms with van der Waals surface area (Å²) in [4.78, 5) is 4.59. The minimum Gasteiger partial charge on any atom is -0.324 e. The number of nitrogens with zero attached hydrogens (tertiary/aromatic N) is 5. The zero-order valence-electron chi connectivity index (χ0n) is 13.5. The largest absolute Gasteiger partial charge is 0.324 e. The molecule has 0 atom stereocenters. The number of para-hydroxylation sites is 1. The Labute approximate surface area is 158 Å². The van der Waals surface area contributed by atoms with Crippen molar-refractivity contribution in [2.75, 3.05) is 5.43 Å². The summed E-state index contributed by atoms with van der Waals surface area (Å²) < 4.78 is 3.29. The Morgan fingerprint density at radius 3 is 2.88 bits per heavy atom. The van der Waals surface area contributed by atoms with Gasteiger partial charge in [-0.15, -0.1) is 10.2 Å². The maximum absolute atomic E-state index is 4.59. The molecule has 25 heavy (non-hydrogen) atoms. The second kappa shape index (κ2) is 6.75. The molecule has 6 nitrogen and oxygen atoms in total. The van der Waals surface area contributed by atoms with Crippen LogP contribution in [0, 0.1) is 3.57 Å². The minimum absolute atomic E-state index is 0.381. The zero-order chi connectivity index (χ0) is 17.2. The minimum atomic E-state index is 0.381. The molecule has 0 bridgehead atoms. The van der Waals surface area contributed by atoms with E-state index in [0.29, 0.717) is 5.95 Å². The van der Waals surface area contributed by atoms with Gasteiger partial charge >= 0.3 is 0 Å². The van der Waals surface area contributed by atoms with E-state index < -0.39 is 0 Å². The lowest BCUT2D eigenvalue weighted by Gasteiger charge is -2.02. The molecule has 0 spiro atoms. The Kier molecular flexibility index (Phi) is 4.31. The summed E-state index contributed by atoms with van der Waals surface area (Å²) >= 11 is 2.27. The van der Waals surface area contributed by atoms with Crippen molar-refractivity contribution in [1.82, 2.24) is 19.7 Å². The van der Waals surface area contributed by atoms with Gasteiger partial charge in [-0.1, -0.05) is 30.3 Å². The van der Waals surface area contributed by atoms with Crippen LogP contribution in [0.3, 0.4) is 0 Å². The zero-order valence-corrected chi connectivity index (χ0v) is 15.7. The second-order valence-corrected chi connectivity index (χ2v) is 6.74. The van der Waals surface area contributed by atoms with Crippen molar-refractivity contribution < 1.29 is 0 Å². The molecule has 7 heteroatoms. The molecule has 2 heterocycles.